The van der Waals surface area contributed by atoms with E-state index in [1.807, 2.05) is 23.7 Å². The molecule has 2 aliphatic heterocycles. The van der Waals surface area contributed by atoms with Crippen LogP contribution < -0.4 is 9.80 Å². The molecule has 3 aromatic rings. The van der Waals surface area contributed by atoms with Crippen LogP contribution in [0.3, 0.4) is 0 Å². The highest BCUT2D eigenvalue weighted by molar-refractivity contribution is 5.61. The normalized spacial score (nSPS) is 18.5. The van der Waals surface area contributed by atoms with Crippen LogP contribution in [-0.2, 0) is 7.05 Å². The highest BCUT2D eigenvalue weighted by atomic mass is 19.1. The van der Waals surface area contributed by atoms with E-state index in [0.717, 1.165) is 68.2 Å². The average molecular weight is 473 g/mol. The molecule has 0 radical (unpaired) electrons. The molecule has 7 heteroatoms. The van der Waals surface area contributed by atoms with Crippen LogP contribution in [0.1, 0.15) is 24.4 Å². The number of hydrogen-bond donors (Lipinski definition) is 0. The smallest absolute Gasteiger partial charge is 0.162 e. The lowest BCUT2D eigenvalue weighted by molar-refractivity contribution is 0.313. The Hall–Kier alpha value is -3.45. The Morgan fingerprint density at radius 3 is 2.43 bits per heavy atom. The third-order valence-electron chi connectivity index (χ3n) is 7.04. The van der Waals surface area contributed by atoms with Crippen molar-refractivity contribution in [3.8, 4) is 11.4 Å². The van der Waals surface area contributed by atoms with Crippen molar-refractivity contribution in [2.24, 2.45) is 7.05 Å². The molecule has 1 aromatic heterocycles. The summed E-state index contributed by atoms with van der Waals surface area (Å²) in [5.74, 6) is 0.598. The molecule has 6 nitrogen and oxygen atoms in total. The first-order valence-electron chi connectivity index (χ1n) is 12.4. The Labute approximate surface area is 206 Å². The van der Waals surface area contributed by atoms with Gasteiger partial charge in [0.2, 0.25) is 0 Å². The van der Waals surface area contributed by atoms with Crippen LogP contribution in [0.25, 0.3) is 11.4 Å². The van der Waals surface area contributed by atoms with Crippen LogP contribution in [-0.4, -0.2) is 59.4 Å². The third-order valence-corrected chi connectivity index (χ3v) is 7.04. The zero-order valence-electron chi connectivity index (χ0n) is 20.5. The van der Waals surface area contributed by atoms with Crippen LogP contribution in [0.15, 0.2) is 73.1 Å². The number of anilines is 2. The summed E-state index contributed by atoms with van der Waals surface area (Å²) in [5, 5.41) is 8.81. The maximum absolute atomic E-state index is 13.9. The first-order valence-corrected chi connectivity index (χ1v) is 12.4. The van der Waals surface area contributed by atoms with Crippen molar-refractivity contribution in [3.63, 3.8) is 0 Å². The van der Waals surface area contributed by atoms with Crippen molar-refractivity contribution in [1.82, 2.24) is 19.7 Å². The number of likely N-dealkylation sites (N-methyl/N-ethyl adjacent to an activating group) is 1. The van der Waals surface area contributed by atoms with Gasteiger partial charge >= 0.3 is 0 Å². The Kier molecular flexibility index (Phi) is 6.95. The van der Waals surface area contributed by atoms with Crippen molar-refractivity contribution >= 4 is 11.4 Å². The highest BCUT2D eigenvalue weighted by Crippen LogP contribution is 2.36. The summed E-state index contributed by atoms with van der Waals surface area (Å²) in [6, 6.07) is 19.7. The van der Waals surface area contributed by atoms with Gasteiger partial charge in [0.25, 0.3) is 0 Å². The van der Waals surface area contributed by atoms with E-state index in [1.54, 1.807) is 18.3 Å². The van der Waals surface area contributed by atoms with Gasteiger partial charge in [0.15, 0.2) is 5.82 Å². The predicted octanol–water partition coefficient (Wildman–Crippen LogP) is 4.84. The molecular formula is C28H33FN6. The molecule has 35 heavy (non-hydrogen) atoms. The molecule has 2 saturated heterocycles. The van der Waals surface area contributed by atoms with Crippen molar-refractivity contribution in [3.05, 3.63) is 84.4 Å². The van der Waals surface area contributed by atoms with Crippen molar-refractivity contribution in [2.75, 3.05) is 49.6 Å². The van der Waals surface area contributed by atoms with Crippen molar-refractivity contribution < 1.29 is 4.39 Å². The lowest BCUT2D eigenvalue weighted by atomic mass is 10.0. The van der Waals surface area contributed by atoms with Gasteiger partial charge in [-0.15, -0.1) is 5.10 Å². The van der Waals surface area contributed by atoms with E-state index in [1.165, 1.54) is 11.8 Å². The summed E-state index contributed by atoms with van der Waals surface area (Å²) in [4.78, 5) is 7.15. The van der Waals surface area contributed by atoms with Gasteiger partial charge in [0.1, 0.15) is 5.82 Å². The number of halogens is 1. The van der Waals surface area contributed by atoms with Crippen LogP contribution in [0, 0.1) is 5.82 Å². The molecule has 1 unspecified atom stereocenters. The number of aromatic nitrogens is 3. The predicted molar refractivity (Wildman–Crippen MR) is 139 cm³/mol. The third kappa shape index (κ3) is 5.30. The summed E-state index contributed by atoms with van der Waals surface area (Å²) in [7, 11) is 4.18. The first kappa shape index (κ1) is 23.3. The lowest BCUT2D eigenvalue weighted by Gasteiger charge is -2.34. The zero-order valence-corrected chi connectivity index (χ0v) is 20.5. The fourth-order valence-electron chi connectivity index (χ4n) is 5.09. The van der Waals surface area contributed by atoms with E-state index < -0.39 is 0 Å². The lowest BCUT2D eigenvalue weighted by Crippen LogP contribution is -2.44. The van der Waals surface area contributed by atoms with E-state index in [4.69, 9.17) is 0 Å². The second-order valence-electron chi connectivity index (χ2n) is 9.46. The van der Waals surface area contributed by atoms with E-state index in [0.29, 0.717) is 0 Å². The van der Waals surface area contributed by atoms with E-state index in [9.17, 15) is 4.39 Å². The molecule has 0 saturated carbocycles. The topological polar surface area (TPSA) is 40.4 Å². The van der Waals surface area contributed by atoms with E-state index in [-0.39, 0.29) is 11.9 Å². The molecule has 0 spiro atoms. The monoisotopic (exact) mass is 472 g/mol. The number of nitrogens with zero attached hydrogens (tertiary/aromatic N) is 6. The minimum atomic E-state index is -0.188. The Morgan fingerprint density at radius 1 is 0.857 bits per heavy atom. The van der Waals surface area contributed by atoms with Gasteiger partial charge in [-0.1, -0.05) is 12.1 Å². The first-order chi connectivity index (χ1) is 17.1. The van der Waals surface area contributed by atoms with Crippen LogP contribution in [0.2, 0.25) is 0 Å². The van der Waals surface area contributed by atoms with Crippen LogP contribution in [0.5, 0.6) is 0 Å². The average Bonchev–Trinajstić information content (AvgIpc) is 3.38. The standard InChI is InChI=1S/C28H33FN6/c1-32-16-18-34(19-17-32)25-12-10-22(11-13-25)28-31-30-14-4-8-26(21-33(28)2)35-15-5-9-27(35)23-6-3-7-24(29)20-23/h3-4,6-8,10-14,20-21,27H,5,9,15-19H2,1-2H3. The molecule has 2 aromatic carbocycles. The number of rotatable bonds is 4. The summed E-state index contributed by atoms with van der Waals surface area (Å²) >= 11 is 0. The SMILES string of the molecule is CN1CCN(c2ccc(-c3nncccc(N4CCCC4c4cccc(F)c4)cn3C)cc2)CC1. The molecule has 0 aliphatic carbocycles. The summed E-state index contributed by atoms with van der Waals surface area (Å²) in [6.07, 6.45) is 5.90. The van der Waals surface area contributed by atoms with Crippen LogP contribution >= 0.6 is 0 Å². The van der Waals surface area contributed by atoms with Gasteiger partial charge < -0.3 is 19.3 Å². The number of benzene rings is 2. The van der Waals surface area contributed by atoms with Gasteiger partial charge in [0, 0.05) is 63.4 Å². The number of hydrogen-bond acceptors (Lipinski definition) is 5. The Morgan fingerprint density at radius 2 is 1.66 bits per heavy atom. The Bertz CT molecular complexity index is 1200. The Balaban J connectivity index is 1.46. The molecule has 0 amide bonds. The number of piperazine rings is 1. The fraction of sp³-hybridized carbons (Fsp3) is 0.357. The molecule has 5 rings (SSSR count). The van der Waals surface area contributed by atoms with Gasteiger partial charge in [-0.2, -0.15) is 5.10 Å². The van der Waals surface area contributed by atoms with Crippen molar-refractivity contribution in [1.29, 1.82) is 0 Å². The largest absolute Gasteiger partial charge is 0.369 e. The minimum Gasteiger partial charge on any atom is -0.369 e. The second-order valence-corrected chi connectivity index (χ2v) is 9.46. The molecule has 2 fully saturated rings. The van der Waals surface area contributed by atoms with Crippen molar-refractivity contribution in [2.45, 2.75) is 18.9 Å². The minimum absolute atomic E-state index is 0.149. The number of aryl methyl sites for hydroxylation is 1. The summed E-state index contributed by atoms with van der Waals surface area (Å²) in [6.45, 7) is 5.18. The quantitative estimate of drug-likeness (QED) is 0.544. The molecule has 3 heterocycles. The van der Waals surface area contributed by atoms with E-state index >= 15 is 0 Å². The highest BCUT2D eigenvalue weighted by Gasteiger charge is 2.26. The molecule has 0 bridgehead atoms. The second kappa shape index (κ2) is 10.4. The van der Waals surface area contributed by atoms with Crippen LogP contribution in [0.4, 0.5) is 15.8 Å². The maximum Gasteiger partial charge on any atom is 0.162 e. The zero-order chi connectivity index (χ0) is 24.2. The summed E-state index contributed by atoms with van der Waals surface area (Å²) < 4.78 is 16.0. The van der Waals surface area contributed by atoms with E-state index in [2.05, 4.69) is 68.5 Å². The van der Waals surface area contributed by atoms with Gasteiger partial charge in [-0.25, -0.2) is 4.39 Å². The van der Waals surface area contributed by atoms with Gasteiger partial charge in [-0.05, 0) is 74.0 Å². The molecule has 0 N–H and O–H groups in total. The molecule has 2 aliphatic rings. The molecular weight excluding hydrogens is 439 g/mol. The summed E-state index contributed by atoms with van der Waals surface area (Å²) in [5.41, 5.74) is 4.34. The maximum atomic E-state index is 13.9. The molecule has 1 atom stereocenters. The van der Waals surface area contributed by atoms with Gasteiger partial charge in [-0.3, -0.25) is 0 Å². The van der Waals surface area contributed by atoms with Gasteiger partial charge in [0.05, 0.1) is 11.7 Å². The molecule has 182 valence electrons. The fourth-order valence-corrected chi connectivity index (χ4v) is 5.09.